The standard InChI is InChI=1S/C13H20N2O/c1-10(14)4-5-11-6-8-12(9-7-11)13(16)15(2)3/h6-10H,4-5,14H2,1-3H3/t10-/m0/s1. The normalized spacial score (nSPS) is 12.2. The molecule has 3 nitrogen and oxygen atoms in total. The number of nitrogens with zero attached hydrogens (tertiary/aromatic N) is 1. The molecule has 3 heteroatoms. The van der Waals surface area contributed by atoms with E-state index in [0.29, 0.717) is 0 Å². The van der Waals surface area contributed by atoms with Gasteiger partial charge in [-0.3, -0.25) is 4.79 Å². The molecule has 16 heavy (non-hydrogen) atoms. The second-order valence-electron chi connectivity index (χ2n) is 4.41. The molecule has 0 saturated heterocycles. The number of carbonyl (C=O) groups excluding carboxylic acids is 1. The first-order valence-electron chi connectivity index (χ1n) is 5.57. The highest BCUT2D eigenvalue weighted by molar-refractivity contribution is 5.93. The zero-order valence-corrected chi connectivity index (χ0v) is 10.2. The van der Waals surface area contributed by atoms with Gasteiger partial charge in [-0.2, -0.15) is 0 Å². The molecular weight excluding hydrogens is 200 g/mol. The number of hydrogen-bond donors (Lipinski definition) is 1. The lowest BCUT2D eigenvalue weighted by atomic mass is 10.0. The maximum absolute atomic E-state index is 11.6. The van der Waals surface area contributed by atoms with Gasteiger partial charge in [0.1, 0.15) is 0 Å². The third kappa shape index (κ3) is 3.66. The first-order valence-corrected chi connectivity index (χ1v) is 5.57. The fourth-order valence-electron chi connectivity index (χ4n) is 1.47. The molecule has 0 unspecified atom stereocenters. The summed E-state index contributed by atoms with van der Waals surface area (Å²) in [6.07, 6.45) is 1.94. The van der Waals surface area contributed by atoms with Crippen molar-refractivity contribution in [2.45, 2.75) is 25.8 Å². The maximum Gasteiger partial charge on any atom is 0.253 e. The van der Waals surface area contributed by atoms with Crippen molar-refractivity contribution in [3.63, 3.8) is 0 Å². The van der Waals surface area contributed by atoms with E-state index in [0.717, 1.165) is 18.4 Å². The average Bonchev–Trinajstić information content (AvgIpc) is 2.26. The molecule has 2 N–H and O–H groups in total. The van der Waals surface area contributed by atoms with Crippen LogP contribution in [-0.2, 0) is 6.42 Å². The monoisotopic (exact) mass is 220 g/mol. The van der Waals surface area contributed by atoms with Gasteiger partial charge in [0.25, 0.3) is 5.91 Å². The second kappa shape index (κ2) is 5.66. The van der Waals surface area contributed by atoms with Crippen LogP contribution >= 0.6 is 0 Å². The third-order valence-electron chi connectivity index (χ3n) is 2.50. The van der Waals surface area contributed by atoms with Crippen molar-refractivity contribution < 1.29 is 4.79 Å². The number of nitrogens with two attached hydrogens (primary N) is 1. The van der Waals surface area contributed by atoms with Crippen LogP contribution in [0.4, 0.5) is 0 Å². The summed E-state index contributed by atoms with van der Waals surface area (Å²) in [7, 11) is 3.51. The molecule has 0 radical (unpaired) electrons. The fraction of sp³-hybridized carbons (Fsp3) is 0.462. The van der Waals surface area contributed by atoms with Crippen molar-refractivity contribution >= 4 is 5.91 Å². The topological polar surface area (TPSA) is 46.3 Å². The SMILES string of the molecule is C[C@H](N)CCc1ccc(C(=O)N(C)C)cc1. The van der Waals surface area contributed by atoms with E-state index in [2.05, 4.69) is 0 Å². The van der Waals surface area contributed by atoms with Crippen LogP contribution in [0.25, 0.3) is 0 Å². The van der Waals surface area contributed by atoms with Gasteiger partial charge in [0.2, 0.25) is 0 Å². The Labute approximate surface area is 97.2 Å². The Morgan fingerprint density at radius 3 is 2.31 bits per heavy atom. The third-order valence-corrected chi connectivity index (χ3v) is 2.50. The molecule has 0 saturated carbocycles. The number of aryl methyl sites for hydroxylation is 1. The number of rotatable bonds is 4. The van der Waals surface area contributed by atoms with Gasteiger partial charge in [-0.25, -0.2) is 0 Å². The molecule has 0 aliphatic carbocycles. The van der Waals surface area contributed by atoms with Crippen LogP contribution in [0.5, 0.6) is 0 Å². The quantitative estimate of drug-likeness (QED) is 0.839. The van der Waals surface area contributed by atoms with Gasteiger partial charge in [0, 0.05) is 25.7 Å². The largest absolute Gasteiger partial charge is 0.345 e. The summed E-state index contributed by atoms with van der Waals surface area (Å²) in [6.45, 7) is 2.00. The predicted molar refractivity (Wildman–Crippen MR) is 66.4 cm³/mol. The summed E-state index contributed by atoms with van der Waals surface area (Å²) in [5.74, 6) is 0.0405. The first kappa shape index (κ1) is 12.7. The fourth-order valence-corrected chi connectivity index (χ4v) is 1.47. The van der Waals surface area contributed by atoms with E-state index in [9.17, 15) is 4.79 Å². The van der Waals surface area contributed by atoms with E-state index < -0.39 is 0 Å². The molecule has 0 aromatic heterocycles. The summed E-state index contributed by atoms with van der Waals surface area (Å²) < 4.78 is 0. The second-order valence-corrected chi connectivity index (χ2v) is 4.41. The van der Waals surface area contributed by atoms with Gasteiger partial charge >= 0.3 is 0 Å². The zero-order chi connectivity index (χ0) is 12.1. The van der Waals surface area contributed by atoms with E-state index in [4.69, 9.17) is 5.73 Å². The molecular formula is C13H20N2O. The van der Waals surface area contributed by atoms with Crippen molar-refractivity contribution in [3.05, 3.63) is 35.4 Å². The Balaban J connectivity index is 2.64. The van der Waals surface area contributed by atoms with Gasteiger partial charge in [-0.1, -0.05) is 12.1 Å². The van der Waals surface area contributed by atoms with Gasteiger partial charge in [0.15, 0.2) is 0 Å². The molecule has 1 rings (SSSR count). The van der Waals surface area contributed by atoms with E-state index in [1.165, 1.54) is 5.56 Å². The Bertz CT molecular complexity index is 341. The number of amides is 1. The minimum absolute atomic E-state index is 0.0405. The average molecular weight is 220 g/mol. The van der Waals surface area contributed by atoms with Crippen molar-refractivity contribution in [1.29, 1.82) is 0 Å². The van der Waals surface area contributed by atoms with Crippen LogP contribution in [-0.4, -0.2) is 30.9 Å². The molecule has 0 spiro atoms. The summed E-state index contributed by atoms with van der Waals surface area (Å²) in [4.78, 5) is 13.2. The summed E-state index contributed by atoms with van der Waals surface area (Å²) >= 11 is 0. The van der Waals surface area contributed by atoms with Crippen molar-refractivity contribution in [2.75, 3.05) is 14.1 Å². The van der Waals surface area contributed by atoms with Gasteiger partial charge in [-0.15, -0.1) is 0 Å². The van der Waals surface area contributed by atoms with E-state index >= 15 is 0 Å². The smallest absolute Gasteiger partial charge is 0.253 e. The van der Waals surface area contributed by atoms with E-state index in [-0.39, 0.29) is 11.9 Å². The molecule has 0 heterocycles. The molecule has 1 atom stereocenters. The molecule has 0 aliphatic heterocycles. The van der Waals surface area contributed by atoms with E-state index in [1.54, 1.807) is 19.0 Å². The molecule has 0 aliphatic rings. The Morgan fingerprint density at radius 1 is 1.31 bits per heavy atom. The molecule has 0 bridgehead atoms. The van der Waals surface area contributed by atoms with Crippen molar-refractivity contribution in [3.8, 4) is 0 Å². The molecule has 0 fully saturated rings. The van der Waals surface area contributed by atoms with Crippen LogP contribution in [0.2, 0.25) is 0 Å². The number of benzene rings is 1. The van der Waals surface area contributed by atoms with Crippen molar-refractivity contribution in [2.24, 2.45) is 5.73 Å². The summed E-state index contributed by atoms with van der Waals surface area (Å²) in [6, 6.07) is 7.97. The number of carbonyl (C=O) groups is 1. The zero-order valence-electron chi connectivity index (χ0n) is 10.2. The lowest BCUT2D eigenvalue weighted by molar-refractivity contribution is 0.0827. The van der Waals surface area contributed by atoms with Crippen LogP contribution in [0, 0.1) is 0 Å². The molecule has 88 valence electrons. The van der Waals surface area contributed by atoms with Gasteiger partial charge in [0.05, 0.1) is 0 Å². The van der Waals surface area contributed by atoms with Gasteiger partial charge in [-0.05, 0) is 37.5 Å². The lowest BCUT2D eigenvalue weighted by Crippen LogP contribution is -2.21. The molecule has 1 aromatic rings. The summed E-state index contributed by atoms with van der Waals surface area (Å²) in [5, 5.41) is 0. The Hall–Kier alpha value is -1.35. The minimum Gasteiger partial charge on any atom is -0.345 e. The minimum atomic E-state index is 0.0405. The highest BCUT2D eigenvalue weighted by Gasteiger charge is 2.07. The van der Waals surface area contributed by atoms with Crippen molar-refractivity contribution in [1.82, 2.24) is 4.90 Å². The first-order chi connectivity index (χ1) is 7.50. The Kier molecular flexibility index (Phi) is 4.50. The molecule has 1 amide bonds. The van der Waals surface area contributed by atoms with Crippen LogP contribution in [0.1, 0.15) is 29.3 Å². The molecule has 1 aromatic carbocycles. The maximum atomic E-state index is 11.6. The van der Waals surface area contributed by atoms with Crippen LogP contribution in [0.15, 0.2) is 24.3 Å². The highest BCUT2D eigenvalue weighted by atomic mass is 16.2. The van der Waals surface area contributed by atoms with Crippen LogP contribution in [0.3, 0.4) is 0 Å². The van der Waals surface area contributed by atoms with E-state index in [1.807, 2.05) is 31.2 Å². The lowest BCUT2D eigenvalue weighted by Gasteiger charge is -2.10. The predicted octanol–water partition coefficient (Wildman–Crippen LogP) is 1.67. The highest BCUT2D eigenvalue weighted by Crippen LogP contribution is 2.08. The van der Waals surface area contributed by atoms with Crippen LogP contribution < -0.4 is 5.73 Å². The Morgan fingerprint density at radius 2 is 1.88 bits per heavy atom. The summed E-state index contributed by atoms with van der Waals surface area (Å²) in [5.41, 5.74) is 7.66. The number of hydrogen-bond acceptors (Lipinski definition) is 2. The van der Waals surface area contributed by atoms with Gasteiger partial charge < -0.3 is 10.6 Å².